The van der Waals surface area contributed by atoms with Gasteiger partial charge in [0.2, 0.25) is 0 Å². The first-order valence-corrected chi connectivity index (χ1v) is 5.68. The average molecular weight is 256 g/mol. The predicted octanol–water partition coefficient (Wildman–Crippen LogP) is 2.62. The molecular weight excluding hydrogens is 242 g/mol. The number of benzene rings is 1. The van der Waals surface area contributed by atoms with Gasteiger partial charge in [0.25, 0.3) is 0 Å². The molecule has 2 rings (SSSR count). The van der Waals surface area contributed by atoms with Crippen LogP contribution < -0.4 is 0 Å². The first-order valence-electron chi connectivity index (χ1n) is 5.68. The van der Waals surface area contributed by atoms with E-state index in [2.05, 4.69) is 0 Å². The Hall–Kier alpha value is -1.49. The van der Waals surface area contributed by atoms with E-state index in [4.69, 9.17) is 9.84 Å². The van der Waals surface area contributed by atoms with E-state index in [1.807, 2.05) is 0 Å². The van der Waals surface area contributed by atoms with Gasteiger partial charge in [-0.1, -0.05) is 0 Å². The molecule has 98 valence electrons. The lowest BCUT2D eigenvalue weighted by atomic mass is 9.91. The summed E-state index contributed by atoms with van der Waals surface area (Å²) in [7, 11) is 1.36. The molecule has 0 unspecified atom stereocenters. The minimum absolute atomic E-state index is 0.0878. The first kappa shape index (κ1) is 13.0. The standard InChI is InChI=1S/C13H14F2O3/c1-18-7-9-10(14)4-8(5-11(9)15)13(2-3-13)6-12(16)17/h4-5H,2-3,6-7H2,1H3,(H,16,17). The van der Waals surface area contributed by atoms with Crippen LogP contribution in [0.2, 0.25) is 0 Å². The minimum atomic E-state index is -0.950. The lowest BCUT2D eigenvalue weighted by Crippen LogP contribution is -2.14. The van der Waals surface area contributed by atoms with Gasteiger partial charge in [-0.3, -0.25) is 4.79 Å². The number of methoxy groups -OCH3 is 1. The van der Waals surface area contributed by atoms with Crippen LogP contribution in [-0.4, -0.2) is 18.2 Å². The highest BCUT2D eigenvalue weighted by Gasteiger charge is 2.46. The number of aliphatic carboxylic acids is 1. The molecular formula is C13H14F2O3. The number of carboxylic acid groups (broad SMARTS) is 1. The maximum Gasteiger partial charge on any atom is 0.304 e. The van der Waals surface area contributed by atoms with Crippen molar-refractivity contribution in [3.8, 4) is 0 Å². The second-order valence-electron chi connectivity index (χ2n) is 4.70. The lowest BCUT2D eigenvalue weighted by molar-refractivity contribution is -0.137. The van der Waals surface area contributed by atoms with Gasteiger partial charge in [-0.05, 0) is 30.5 Å². The maximum absolute atomic E-state index is 13.7. The first-order chi connectivity index (χ1) is 8.48. The van der Waals surface area contributed by atoms with Crippen LogP contribution in [0.15, 0.2) is 12.1 Å². The molecule has 1 aliphatic carbocycles. The lowest BCUT2D eigenvalue weighted by Gasteiger charge is -2.15. The molecule has 0 spiro atoms. The van der Waals surface area contributed by atoms with Crippen molar-refractivity contribution >= 4 is 5.97 Å². The van der Waals surface area contributed by atoms with Crippen LogP contribution in [0.4, 0.5) is 8.78 Å². The second-order valence-corrected chi connectivity index (χ2v) is 4.70. The van der Waals surface area contributed by atoms with Gasteiger partial charge in [-0.2, -0.15) is 0 Å². The molecule has 0 amide bonds. The monoisotopic (exact) mass is 256 g/mol. The molecule has 18 heavy (non-hydrogen) atoms. The summed E-state index contributed by atoms with van der Waals surface area (Å²) in [5.74, 6) is -2.30. The predicted molar refractivity (Wildman–Crippen MR) is 60.2 cm³/mol. The number of halogens is 2. The molecule has 1 aliphatic rings. The molecule has 1 fully saturated rings. The van der Waals surface area contributed by atoms with Crippen LogP contribution in [0.25, 0.3) is 0 Å². The van der Waals surface area contributed by atoms with Gasteiger partial charge >= 0.3 is 5.97 Å². The zero-order valence-electron chi connectivity index (χ0n) is 10.0. The Balaban J connectivity index is 2.33. The van der Waals surface area contributed by atoms with E-state index < -0.39 is 23.0 Å². The number of hydrogen-bond donors (Lipinski definition) is 1. The average Bonchev–Trinajstić information content (AvgIpc) is 3.03. The third-order valence-corrected chi connectivity index (χ3v) is 3.39. The number of hydrogen-bond acceptors (Lipinski definition) is 2. The van der Waals surface area contributed by atoms with Crippen molar-refractivity contribution in [2.24, 2.45) is 0 Å². The van der Waals surface area contributed by atoms with E-state index in [0.717, 1.165) is 0 Å². The van der Waals surface area contributed by atoms with Crippen LogP contribution in [0.5, 0.6) is 0 Å². The number of ether oxygens (including phenoxy) is 1. The summed E-state index contributed by atoms with van der Waals surface area (Å²) >= 11 is 0. The molecule has 0 atom stereocenters. The quantitative estimate of drug-likeness (QED) is 0.880. The fraction of sp³-hybridized carbons (Fsp3) is 0.462. The fourth-order valence-corrected chi connectivity index (χ4v) is 2.20. The molecule has 3 nitrogen and oxygen atoms in total. The molecule has 1 saturated carbocycles. The summed E-state index contributed by atoms with van der Waals surface area (Å²) in [4.78, 5) is 10.8. The molecule has 1 N–H and O–H groups in total. The normalized spacial score (nSPS) is 16.6. The molecule has 1 aromatic carbocycles. The van der Waals surface area contributed by atoms with Gasteiger partial charge < -0.3 is 9.84 Å². The van der Waals surface area contributed by atoms with Crippen LogP contribution in [-0.2, 0) is 21.6 Å². The Morgan fingerprint density at radius 1 is 1.39 bits per heavy atom. The highest BCUT2D eigenvalue weighted by molar-refractivity contribution is 5.70. The largest absolute Gasteiger partial charge is 0.481 e. The van der Waals surface area contributed by atoms with Gasteiger partial charge in [0.15, 0.2) is 0 Å². The van der Waals surface area contributed by atoms with Crippen LogP contribution >= 0.6 is 0 Å². The van der Waals surface area contributed by atoms with Crippen molar-refractivity contribution in [3.05, 3.63) is 34.9 Å². The van der Waals surface area contributed by atoms with Gasteiger partial charge in [0, 0.05) is 18.1 Å². The molecule has 1 aromatic rings. The van der Waals surface area contributed by atoms with Crippen molar-refractivity contribution in [1.29, 1.82) is 0 Å². The molecule has 0 radical (unpaired) electrons. The summed E-state index contributed by atoms with van der Waals surface area (Å²) in [5.41, 5.74) is -0.272. The number of carboxylic acids is 1. The highest BCUT2D eigenvalue weighted by atomic mass is 19.1. The van der Waals surface area contributed by atoms with Gasteiger partial charge in [0.05, 0.1) is 13.0 Å². The fourth-order valence-electron chi connectivity index (χ4n) is 2.20. The van der Waals surface area contributed by atoms with Crippen molar-refractivity contribution in [1.82, 2.24) is 0 Å². The molecule has 0 saturated heterocycles. The minimum Gasteiger partial charge on any atom is -0.481 e. The van der Waals surface area contributed by atoms with E-state index >= 15 is 0 Å². The molecule has 0 bridgehead atoms. The zero-order valence-corrected chi connectivity index (χ0v) is 10.0. The van der Waals surface area contributed by atoms with E-state index in [9.17, 15) is 13.6 Å². The van der Waals surface area contributed by atoms with Gasteiger partial charge in [0.1, 0.15) is 11.6 Å². The Morgan fingerprint density at radius 3 is 2.33 bits per heavy atom. The summed E-state index contributed by atoms with van der Waals surface area (Å²) < 4.78 is 32.2. The Kier molecular flexibility index (Phi) is 3.34. The summed E-state index contributed by atoms with van der Waals surface area (Å²) in [5, 5.41) is 8.82. The van der Waals surface area contributed by atoms with E-state index in [0.29, 0.717) is 18.4 Å². The van der Waals surface area contributed by atoms with Gasteiger partial charge in [-0.25, -0.2) is 8.78 Å². The van der Waals surface area contributed by atoms with Crippen LogP contribution in [0.3, 0.4) is 0 Å². The van der Waals surface area contributed by atoms with Crippen LogP contribution in [0, 0.1) is 11.6 Å². The van der Waals surface area contributed by atoms with Crippen molar-refractivity contribution in [2.45, 2.75) is 31.3 Å². The van der Waals surface area contributed by atoms with Crippen molar-refractivity contribution < 1.29 is 23.4 Å². The molecule has 0 heterocycles. The Labute approximate surface area is 103 Å². The van der Waals surface area contributed by atoms with Crippen molar-refractivity contribution in [3.63, 3.8) is 0 Å². The Morgan fingerprint density at radius 2 is 1.94 bits per heavy atom. The molecule has 0 aliphatic heterocycles. The molecule has 5 heteroatoms. The summed E-state index contributed by atoms with van der Waals surface area (Å²) in [6.07, 6.45) is 1.22. The Bertz CT molecular complexity index is 458. The highest BCUT2D eigenvalue weighted by Crippen LogP contribution is 2.51. The SMILES string of the molecule is COCc1c(F)cc(C2(CC(=O)O)CC2)cc1F. The van der Waals surface area contributed by atoms with Crippen molar-refractivity contribution in [2.75, 3.05) is 7.11 Å². The number of rotatable bonds is 5. The summed E-state index contributed by atoms with van der Waals surface area (Å²) in [6, 6.07) is 2.46. The van der Waals surface area contributed by atoms with E-state index in [-0.39, 0.29) is 18.6 Å². The van der Waals surface area contributed by atoms with Crippen LogP contribution in [0.1, 0.15) is 30.4 Å². The third-order valence-electron chi connectivity index (χ3n) is 3.39. The summed E-state index contributed by atoms with van der Waals surface area (Å²) in [6.45, 7) is -0.135. The zero-order chi connectivity index (χ0) is 13.3. The number of carbonyl (C=O) groups is 1. The smallest absolute Gasteiger partial charge is 0.304 e. The van der Waals surface area contributed by atoms with Gasteiger partial charge in [-0.15, -0.1) is 0 Å². The maximum atomic E-state index is 13.7. The third kappa shape index (κ3) is 2.36. The second kappa shape index (κ2) is 4.65. The van der Waals surface area contributed by atoms with E-state index in [1.54, 1.807) is 0 Å². The van der Waals surface area contributed by atoms with E-state index in [1.165, 1.54) is 19.2 Å². The topological polar surface area (TPSA) is 46.5 Å². The molecule has 0 aromatic heterocycles.